The van der Waals surface area contributed by atoms with E-state index < -0.39 is 12.1 Å². The molecule has 2 aromatic heterocycles. The maximum absolute atomic E-state index is 12.3. The summed E-state index contributed by atoms with van der Waals surface area (Å²) in [7, 11) is 0. The first-order valence-corrected chi connectivity index (χ1v) is 8.55. The Morgan fingerprint density at radius 2 is 2.25 bits per heavy atom. The number of aromatic nitrogens is 4. The average molecular weight is 379 g/mol. The molecule has 1 aromatic carbocycles. The fourth-order valence-electron chi connectivity index (χ4n) is 2.73. The quantitative estimate of drug-likeness (QED) is 0.634. The number of amides is 3. The molecule has 10 heteroatoms. The summed E-state index contributed by atoms with van der Waals surface area (Å²) in [6, 6.07) is 8.27. The van der Waals surface area contributed by atoms with Crippen molar-refractivity contribution in [3.8, 4) is 11.6 Å². The molecular formula is C18H17N7O3. The number of fused-ring (bicyclic) bond motifs is 1. The fourth-order valence-corrected chi connectivity index (χ4v) is 2.73. The van der Waals surface area contributed by atoms with Crippen LogP contribution in [0.5, 0.6) is 5.75 Å². The van der Waals surface area contributed by atoms with Crippen LogP contribution in [0.25, 0.3) is 5.82 Å². The third-order valence-corrected chi connectivity index (χ3v) is 4.11. The third-order valence-electron chi connectivity index (χ3n) is 4.11. The monoisotopic (exact) mass is 379 g/mol. The Morgan fingerprint density at radius 1 is 1.36 bits per heavy atom. The van der Waals surface area contributed by atoms with E-state index in [1.807, 2.05) is 6.07 Å². The van der Waals surface area contributed by atoms with Gasteiger partial charge in [0.1, 0.15) is 18.4 Å². The molecule has 3 N–H and O–H groups in total. The van der Waals surface area contributed by atoms with Gasteiger partial charge >= 0.3 is 6.03 Å². The summed E-state index contributed by atoms with van der Waals surface area (Å²) in [4.78, 5) is 32.2. The van der Waals surface area contributed by atoms with Gasteiger partial charge in [-0.15, -0.1) is 0 Å². The Kier molecular flexibility index (Phi) is 4.58. The lowest BCUT2D eigenvalue weighted by atomic mass is 10.2. The lowest BCUT2D eigenvalue weighted by molar-refractivity contribution is -0.122. The van der Waals surface area contributed by atoms with E-state index in [-0.39, 0.29) is 12.5 Å². The molecule has 1 aliphatic heterocycles. The van der Waals surface area contributed by atoms with E-state index in [0.29, 0.717) is 22.9 Å². The summed E-state index contributed by atoms with van der Waals surface area (Å²) >= 11 is 0. The summed E-state index contributed by atoms with van der Waals surface area (Å²) in [6.45, 7) is 1.92. The maximum Gasteiger partial charge on any atom is 0.319 e. The zero-order chi connectivity index (χ0) is 19.5. The third kappa shape index (κ3) is 3.61. The van der Waals surface area contributed by atoms with Gasteiger partial charge in [0.2, 0.25) is 0 Å². The van der Waals surface area contributed by atoms with Gasteiger partial charge in [0.05, 0.1) is 5.69 Å². The van der Waals surface area contributed by atoms with E-state index >= 15 is 0 Å². The first-order valence-electron chi connectivity index (χ1n) is 8.55. The van der Waals surface area contributed by atoms with E-state index in [1.165, 1.54) is 17.3 Å². The summed E-state index contributed by atoms with van der Waals surface area (Å²) in [5.41, 5.74) is 1.82. The Labute approximate surface area is 159 Å². The first kappa shape index (κ1) is 17.5. The Balaban J connectivity index is 1.41. The molecule has 0 saturated carbocycles. The number of nitrogens with one attached hydrogen (secondary N) is 3. The molecule has 10 nitrogen and oxygen atoms in total. The van der Waals surface area contributed by atoms with Gasteiger partial charge in [0.25, 0.3) is 5.91 Å². The summed E-state index contributed by atoms with van der Waals surface area (Å²) in [5, 5.41) is 12.3. The van der Waals surface area contributed by atoms with Crippen molar-refractivity contribution in [2.75, 3.05) is 10.6 Å². The van der Waals surface area contributed by atoms with E-state index in [0.717, 1.165) is 5.56 Å². The van der Waals surface area contributed by atoms with Crippen LogP contribution in [0.1, 0.15) is 12.5 Å². The molecule has 3 aromatic rings. The molecule has 0 spiro atoms. The number of anilines is 2. The maximum atomic E-state index is 12.3. The van der Waals surface area contributed by atoms with Crippen LogP contribution in [0.3, 0.4) is 0 Å². The fraction of sp³-hybridized carbons (Fsp3) is 0.167. The van der Waals surface area contributed by atoms with Gasteiger partial charge in [-0.3, -0.25) is 4.79 Å². The number of hydrogen-bond acceptors (Lipinski definition) is 6. The van der Waals surface area contributed by atoms with E-state index in [2.05, 4.69) is 31.0 Å². The van der Waals surface area contributed by atoms with Crippen LogP contribution in [-0.2, 0) is 11.3 Å². The Morgan fingerprint density at radius 3 is 3.07 bits per heavy atom. The second kappa shape index (κ2) is 7.35. The largest absolute Gasteiger partial charge is 0.479 e. The van der Waals surface area contributed by atoms with Gasteiger partial charge in [0.15, 0.2) is 11.9 Å². The Bertz CT molecular complexity index is 1020. The molecule has 4 rings (SSSR count). The van der Waals surface area contributed by atoms with Crippen LogP contribution in [0, 0.1) is 0 Å². The predicted molar refractivity (Wildman–Crippen MR) is 100 cm³/mol. The minimum atomic E-state index is -0.548. The lowest BCUT2D eigenvalue weighted by Crippen LogP contribution is -2.34. The molecule has 0 fully saturated rings. The molecule has 28 heavy (non-hydrogen) atoms. The molecule has 3 amide bonds. The van der Waals surface area contributed by atoms with Crippen LogP contribution in [-0.4, -0.2) is 37.8 Å². The highest BCUT2D eigenvalue weighted by molar-refractivity contribution is 5.99. The SMILES string of the molecule is C[C@H]1Oc2ccc(NC(=O)NCc3cccnc3-n3cncn3)cc2NC1=O. The van der Waals surface area contributed by atoms with Crippen molar-refractivity contribution < 1.29 is 14.3 Å². The molecule has 0 radical (unpaired) electrons. The molecular weight excluding hydrogens is 362 g/mol. The normalized spacial score (nSPS) is 15.2. The van der Waals surface area contributed by atoms with Crippen LogP contribution in [0.2, 0.25) is 0 Å². The van der Waals surface area contributed by atoms with Gasteiger partial charge in [-0.2, -0.15) is 5.10 Å². The summed E-state index contributed by atoms with van der Waals surface area (Å²) < 4.78 is 7.03. The minimum Gasteiger partial charge on any atom is -0.479 e. The second-order valence-corrected chi connectivity index (χ2v) is 6.09. The highest BCUT2D eigenvalue weighted by Crippen LogP contribution is 2.32. The van der Waals surface area contributed by atoms with Crippen molar-refractivity contribution in [3.63, 3.8) is 0 Å². The van der Waals surface area contributed by atoms with E-state index in [4.69, 9.17) is 4.74 Å². The van der Waals surface area contributed by atoms with Gasteiger partial charge in [-0.05, 0) is 31.2 Å². The number of pyridine rings is 1. The molecule has 142 valence electrons. The highest BCUT2D eigenvalue weighted by Gasteiger charge is 2.23. The number of urea groups is 1. The smallest absolute Gasteiger partial charge is 0.319 e. The number of nitrogens with zero attached hydrogens (tertiary/aromatic N) is 4. The Hall–Kier alpha value is -3.95. The topological polar surface area (TPSA) is 123 Å². The zero-order valence-corrected chi connectivity index (χ0v) is 14.9. The number of carbonyl (C=O) groups excluding carboxylic acids is 2. The van der Waals surface area contributed by atoms with E-state index in [1.54, 1.807) is 37.4 Å². The van der Waals surface area contributed by atoms with Gasteiger partial charge in [0, 0.05) is 24.0 Å². The lowest BCUT2D eigenvalue weighted by Gasteiger charge is -2.23. The van der Waals surface area contributed by atoms with Crippen LogP contribution in [0.15, 0.2) is 49.2 Å². The van der Waals surface area contributed by atoms with E-state index in [9.17, 15) is 9.59 Å². The van der Waals surface area contributed by atoms with Crippen LogP contribution < -0.4 is 20.7 Å². The van der Waals surface area contributed by atoms with Crippen molar-refractivity contribution in [1.29, 1.82) is 0 Å². The number of carbonyl (C=O) groups is 2. The molecule has 1 aliphatic rings. The summed E-state index contributed by atoms with van der Waals surface area (Å²) in [6.07, 6.45) is 4.05. The molecule has 0 saturated heterocycles. The van der Waals surface area contributed by atoms with Crippen molar-refractivity contribution in [2.45, 2.75) is 19.6 Å². The zero-order valence-electron chi connectivity index (χ0n) is 14.9. The number of benzene rings is 1. The standard InChI is InChI=1S/C18H17N7O3/c1-11-17(26)24-14-7-13(4-5-15(14)28-11)23-18(27)21-8-12-3-2-6-20-16(12)25-10-19-9-22-25/h2-7,9-11H,8H2,1H3,(H,24,26)(H2,21,23,27)/t11-/m1/s1. The molecule has 3 heterocycles. The highest BCUT2D eigenvalue weighted by atomic mass is 16.5. The number of hydrogen-bond donors (Lipinski definition) is 3. The predicted octanol–water partition coefficient (Wildman–Crippen LogP) is 1.70. The van der Waals surface area contributed by atoms with Crippen LogP contribution in [0.4, 0.5) is 16.2 Å². The van der Waals surface area contributed by atoms with Gasteiger partial charge in [-0.25, -0.2) is 19.4 Å². The van der Waals surface area contributed by atoms with Crippen molar-refractivity contribution in [1.82, 2.24) is 25.1 Å². The molecule has 0 unspecified atom stereocenters. The average Bonchev–Trinajstić information content (AvgIpc) is 3.22. The molecule has 0 aliphatic carbocycles. The summed E-state index contributed by atoms with van der Waals surface area (Å²) in [5.74, 6) is 0.917. The van der Waals surface area contributed by atoms with Crippen molar-refractivity contribution >= 4 is 23.3 Å². The van der Waals surface area contributed by atoms with Crippen LogP contribution >= 0.6 is 0 Å². The van der Waals surface area contributed by atoms with Crippen molar-refractivity contribution in [3.05, 3.63) is 54.7 Å². The molecule has 1 atom stereocenters. The van der Waals surface area contributed by atoms with Gasteiger partial charge in [-0.1, -0.05) is 6.07 Å². The minimum absolute atomic E-state index is 0.230. The number of rotatable bonds is 4. The second-order valence-electron chi connectivity index (χ2n) is 6.09. The first-order chi connectivity index (χ1) is 13.6. The molecule has 0 bridgehead atoms. The van der Waals surface area contributed by atoms with Crippen molar-refractivity contribution in [2.24, 2.45) is 0 Å². The van der Waals surface area contributed by atoms with Gasteiger partial charge < -0.3 is 20.7 Å². The number of ether oxygens (including phenoxy) is 1.